The van der Waals surface area contributed by atoms with Crippen molar-refractivity contribution in [2.75, 3.05) is 0 Å². The molecule has 26 heavy (non-hydrogen) atoms. The van der Waals surface area contributed by atoms with Crippen LogP contribution in [-0.4, -0.2) is 28.7 Å². The van der Waals surface area contributed by atoms with Crippen molar-refractivity contribution in [3.05, 3.63) is 51.2 Å². The molecule has 134 valence electrons. The van der Waals surface area contributed by atoms with E-state index in [1.165, 1.54) is 4.57 Å². The first-order chi connectivity index (χ1) is 12.5. The van der Waals surface area contributed by atoms with Gasteiger partial charge in [-0.2, -0.15) is 0 Å². The van der Waals surface area contributed by atoms with Gasteiger partial charge in [0, 0.05) is 19.2 Å². The summed E-state index contributed by atoms with van der Waals surface area (Å²) >= 11 is 0. The number of nitrogens with zero attached hydrogens (tertiary/aromatic N) is 5. The Kier molecular flexibility index (Phi) is 3.75. The number of hydrogen-bond acceptors (Lipinski definition) is 4. The average molecular weight is 352 g/mol. The number of hydrogen-bond donors (Lipinski definition) is 1. The molecule has 0 atom stereocenters. The molecule has 0 aliphatic carbocycles. The van der Waals surface area contributed by atoms with Gasteiger partial charge in [-0.3, -0.25) is 14.3 Å². The minimum absolute atomic E-state index is 0.406. The Labute approximate surface area is 148 Å². The smallest absolute Gasteiger partial charge is 0.302 e. The normalized spacial score (nSPS) is 11.8. The zero-order chi connectivity index (χ0) is 18.4. The zero-order valence-electron chi connectivity index (χ0n) is 14.9. The number of nitrogens with one attached hydrogen (secondary N) is 1. The molecule has 4 aromatic rings. The van der Waals surface area contributed by atoms with Gasteiger partial charge in [-0.25, -0.2) is 9.20 Å². The molecule has 0 spiro atoms. The van der Waals surface area contributed by atoms with Crippen LogP contribution in [0.3, 0.4) is 0 Å². The lowest BCUT2D eigenvalue weighted by Crippen LogP contribution is -2.29. The van der Waals surface area contributed by atoms with E-state index in [0.29, 0.717) is 35.2 Å². The predicted molar refractivity (Wildman–Crippen MR) is 99.2 cm³/mol. The average Bonchev–Trinajstić information content (AvgIpc) is 3.17. The van der Waals surface area contributed by atoms with E-state index in [2.05, 4.69) is 29.0 Å². The Morgan fingerprint density at radius 3 is 2.54 bits per heavy atom. The van der Waals surface area contributed by atoms with Crippen molar-refractivity contribution in [1.82, 2.24) is 28.7 Å². The highest BCUT2D eigenvalue weighted by Crippen LogP contribution is 2.24. The molecular weight excluding hydrogens is 332 g/mol. The summed E-state index contributed by atoms with van der Waals surface area (Å²) in [5, 5.41) is 8.66. The van der Waals surface area contributed by atoms with Gasteiger partial charge in [0.25, 0.3) is 5.56 Å². The van der Waals surface area contributed by atoms with Crippen LogP contribution < -0.4 is 11.2 Å². The van der Waals surface area contributed by atoms with Crippen LogP contribution in [0.1, 0.15) is 20.3 Å². The summed E-state index contributed by atoms with van der Waals surface area (Å²) in [4.78, 5) is 27.2. The summed E-state index contributed by atoms with van der Waals surface area (Å²) in [7, 11) is 1.64. The van der Waals surface area contributed by atoms with E-state index < -0.39 is 11.2 Å². The first kappa shape index (κ1) is 16.3. The maximum absolute atomic E-state index is 12.6. The van der Waals surface area contributed by atoms with Crippen LogP contribution in [0.2, 0.25) is 0 Å². The maximum atomic E-state index is 12.6. The van der Waals surface area contributed by atoms with Gasteiger partial charge in [0.05, 0.1) is 0 Å². The number of benzene rings is 1. The second kappa shape index (κ2) is 5.98. The van der Waals surface area contributed by atoms with E-state index in [1.807, 2.05) is 34.9 Å². The molecule has 3 heterocycles. The van der Waals surface area contributed by atoms with Gasteiger partial charge >= 0.3 is 5.69 Å². The van der Waals surface area contributed by atoms with Crippen molar-refractivity contribution in [1.29, 1.82) is 0 Å². The van der Waals surface area contributed by atoms with Crippen LogP contribution in [0, 0.1) is 5.92 Å². The molecule has 3 aromatic heterocycles. The van der Waals surface area contributed by atoms with Crippen molar-refractivity contribution in [3.63, 3.8) is 0 Å². The molecule has 1 N–H and O–H groups in total. The van der Waals surface area contributed by atoms with Gasteiger partial charge in [0.1, 0.15) is 0 Å². The van der Waals surface area contributed by atoms with Gasteiger partial charge < -0.3 is 4.57 Å². The number of aromatic nitrogens is 6. The topological polar surface area (TPSA) is 90.0 Å². The van der Waals surface area contributed by atoms with Gasteiger partial charge in [0.15, 0.2) is 17.0 Å². The molecule has 0 saturated carbocycles. The number of aromatic amines is 1. The van der Waals surface area contributed by atoms with E-state index >= 15 is 0 Å². The van der Waals surface area contributed by atoms with E-state index in [-0.39, 0.29) is 0 Å². The molecule has 0 amide bonds. The maximum Gasteiger partial charge on any atom is 0.329 e. The Morgan fingerprint density at radius 2 is 1.85 bits per heavy atom. The SMILES string of the molecule is CC(C)CCn1c2c(=O)[nH]c(=O)n(C)c2n2c(-c3ccccc3)nnc12. The fourth-order valence-electron chi connectivity index (χ4n) is 3.22. The van der Waals surface area contributed by atoms with Gasteiger partial charge in [-0.05, 0) is 12.3 Å². The fourth-order valence-corrected chi connectivity index (χ4v) is 3.22. The third-order valence-electron chi connectivity index (χ3n) is 4.60. The fraction of sp³-hybridized carbons (Fsp3) is 0.333. The Hall–Kier alpha value is -3.16. The summed E-state index contributed by atoms with van der Waals surface area (Å²) in [5.74, 6) is 1.64. The molecule has 0 fully saturated rings. The second-order valence-corrected chi connectivity index (χ2v) is 6.85. The van der Waals surface area contributed by atoms with Crippen molar-refractivity contribution < 1.29 is 0 Å². The lowest BCUT2D eigenvalue weighted by atomic mass is 10.1. The van der Waals surface area contributed by atoms with E-state index in [0.717, 1.165) is 12.0 Å². The molecule has 0 radical (unpaired) electrons. The quantitative estimate of drug-likeness (QED) is 0.606. The van der Waals surface area contributed by atoms with Crippen molar-refractivity contribution in [2.45, 2.75) is 26.8 Å². The highest BCUT2D eigenvalue weighted by atomic mass is 16.2. The Bertz CT molecular complexity index is 1210. The molecule has 8 heteroatoms. The summed E-state index contributed by atoms with van der Waals surface area (Å²) in [6, 6.07) is 9.62. The number of imidazole rings is 1. The lowest BCUT2D eigenvalue weighted by molar-refractivity contribution is 0.527. The van der Waals surface area contributed by atoms with E-state index in [4.69, 9.17) is 0 Å². The summed E-state index contributed by atoms with van der Waals surface area (Å²) in [5.41, 5.74) is 0.946. The minimum atomic E-state index is -0.460. The first-order valence-electron chi connectivity index (χ1n) is 8.61. The van der Waals surface area contributed by atoms with E-state index in [1.54, 1.807) is 11.4 Å². The molecule has 8 nitrogen and oxygen atoms in total. The number of aryl methyl sites for hydroxylation is 2. The third kappa shape index (κ3) is 2.37. The molecule has 0 aliphatic heterocycles. The monoisotopic (exact) mass is 352 g/mol. The van der Waals surface area contributed by atoms with Crippen LogP contribution >= 0.6 is 0 Å². The number of H-pyrrole nitrogens is 1. The zero-order valence-corrected chi connectivity index (χ0v) is 14.9. The highest BCUT2D eigenvalue weighted by molar-refractivity contribution is 5.79. The Morgan fingerprint density at radius 1 is 1.12 bits per heavy atom. The molecule has 1 aromatic carbocycles. The van der Waals surface area contributed by atoms with Crippen molar-refractivity contribution >= 4 is 16.9 Å². The number of rotatable bonds is 4. The Balaban J connectivity index is 2.14. The van der Waals surface area contributed by atoms with Crippen LogP contribution in [0.25, 0.3) is 28.3 Å². The molecule has 0 bridgehead atoms. The second-order valence-electron chi connectivity index (χ2n) is 6.85. The van der Waals surface area contributed by atoms with Gasteiger partial charge in [-0.1, -0.05) is 44.2 Å². The van der Waals surface area contributed by atoms with Crippen LogP contribution in [0.15, 0.2) is 39.9 Å². The summed E-state index contributed by atoms with van der Waals surface area (Å²) in [6.45, 7) is 4.88. The van der Waals surface area contributed by atoms with E-state index in [9.17, 15) is 9.59 Å². The molecular formula is C18H20N6O2. The summed E-state index contributed by atoms with van der Waals surface area (Å²) < 4.78 is 5.08. The molecule has 0 aliphatic rings. The van der Waals surface area contributed by atoms with Crippen LogP contribution in [0.5, 0.6) is 0 Å². The highest BCUT2D eigenvalue weighted by Gasteiger charge is 2.22. The predicted octanol–water partition coefficient (Wildman–Crippen LogP) is 1.78. The van der Waals surface area contributed by atoms with Crippen molar-refractivity contribution in [3.8, 4) is 11.4 Å². The van der Waals surface area contributed by atoms with Gasteiger partial charge in [-0.15, -0.1) is 10.2 Å². The van der Waals surface area contributed by atoms with Gasteiger partial charge in [0.2, 0.25) is 5.78 Å². The standard InChI is InChI=1S/C18H20N6O2/c1-11(2)9-10-23-13-15(25)19-18(26)22(3)16(13)24-14(20-21-17(23)24)12-7-5-4-6-8-12/h4-8,11H,9-10H2,1-3H3,(H,19,25,26). The third-order valence-corrected chi connectivity index (χ3v) is 4.60. The molecule has 4 rings (SSSR count). The largest absolute Gasteiger partial charge is 0.329 e. The lowest BCUT2D eigenvalue weighted by Gasteiger charge is -2.06. The summed E-state index contributed by atoms with van der Waals surface area (Å²) in [6.07, 6.45) is 0.884. The molecule has 0 unspecified atom stereocenters. The number of fused-ring (bicyclic) bond motifs is 3. The minimum Gasteiger partial charge on any atom is -0.302 e. The van der Waals surface area contributed by atoms with Crippen LogP contribution in [-0.2, 0) is 13.6 Å². The van der Waals surface area contributed by atoms with Crippen LogP contribution in [0.4, 0.5) is 0 Å². The first-order valence-corrected chi connectivity index (χ1v) is 8.61. The molecule has 0 saturated heterocycles. The van der Waals surface area contributed by atoms with Crippen molar-refractivity contribution in [2.24, 2.45) is 13.0 Å².